The summed E-state index contributed by atoms with van der Waals surface area (Å²) in [6, 6.07) is 9.79. The highest BCUT2D eigenvalue weighted by atomic mass is 16.5. The average Bonchev–Trinajstić information content (AvgIpc) is 3.50. The lowest BCUT2D eigenvalue weighted by molar-refractivity contribution is 0.0827. The van der Waals surface area contributed by atoms with Crippen molar-refractivity contribution in [3.8, 4) is 5.88 Å². The SMILES string of the molecule is Cc1cc(C(=O)N(C)C)ccc1Cc1nc2c(c(O[C@H]3CCOC3)n1)C(c1ccncc1)=CC2. The third kappa shape index (κ3) is 4.43. The third-order valence-electron chi connectivity index (χ3n) is 6.27. The molecule has 1 atom stereocenters. The molecule has 7 nitrogen and oxygen atoms in total. The van der Waals surface area contributed by atoms with Crippen molar-refractivity contribution < 1.29 is 14.3 Å². The van der Waals surface area contributed by atoms with Crippen molar-refractivity contribution in [2.24, 2.45) is 0 Å². The summed E-state index contributed by atoms with van der Waals surface area (Å²) in [5.74, 6) is 1.33. The number of aryl methyl sites for hydroxylation is 1. The van der Waals surface area contributed by atoms with Crippen LogP contribution in [0.25, 0.3) is 5.57 Å². The van der Waals surface area contributed by atoms with Crippen molar-refractivity contribution in [1.29, 1.82) is 0 Å². The number of allylic oxidation sites excluding steroid dienone is 1. The molecular formula is C27H28N4O3. The number of aromatic nitrogens is 3. The second kappa shape index (κ2) is 9.35. The summed E-state index contributed by atoms with van der Waals surface area (Å²) in [6.45, 7) is 3.30. The molecule has 1 aliphatic carbocycles. The van der Waals surface area contributed by atoms with Crippen molar-refractivity contribution in [2.75, 3.05) is 27.3 Å². The molecule has 34 heavy (non-hydrogen) atoms. The number of rotatable bonds is 6. The molecule has 1 amide bonds. The number of hydrogen-bond donors (Lipinski definition) is 0. The highest BCUT2D eigenvalue weighted by Crippen LogP contribution is 2.38. The summed E-state index contributed by atoms with van der Waals surface area (Å²) in [5.41, 5.74) is 6.91. The Morgan fingerprint density at radius 1 is 1.18 bits per heavy atom. The summed E-state index contributed by atoms with van der Waals surface area (Å²) in [6.07, 6.45) is 7.91. The number of amides is 1. The van der Waals surface area contributed by atoms with Gasteiger partial charge in [0.2, 0.25) is 5.88 Å². The predicted molar refractivity (Wildman–Crippen MR) is 129 cm³/mol. The molecule has 2 aromatic heterocycles. The Morgan fingerprint density at radius 3 is 2.71 bits per heavy atom. The normalized spacial score (nSPS) is 16.8. The van der Waals surface area contributed by atoms with Crippen LogP contribution in [0.5, 0.6) is 5.88 Å². The van der Waals surface area contributed by atoms with Crippen molar-refractivity contribution >= 4 is 11.5 Å². The molecule has 1 fully saturated rings. The van der Waals surface area contributed by atoms with Crippen LogP contribution in [0.2, 0.25) is 0 Å². The van der Waals surface area contributed by atoms with Crippen LogP contribution in [0.15, 0.2) is 48.8 Å². The Labute approximate surface area is 199 Å². The van der Waals surface area contributed by atoms with Gasteiger partial charge < -0.3 is 14.4 Å². The van der Waals surface area contributed by atoms with Gasteiger partial charge in [-0.2, -0.15) is 4.98 Å². The maximum atomic E-state index is 12.3. The molecule has 0 bridgehead atoms. The molecule has 1 aliphatic heterocycles. The van der Waals surface area contributed by atoms with Crippen LogP contribution in [-0.2, 0) is 17.6 Å². The van der Waals surface area contributed by atoms with Crippen molar-refractivity contribution in [3.63, 3.8) is 0 Å². The molecule has 0 unspecified atom stereocenters. The van der Waals surface area contributed by atoms with E-state index in [9.17, 15) is 4.79 Å². The number of pyridine rings is 1. The number of hydrogen-bond acceptors (Lipinski definition) is 6. The Morgan fingerprint density at radius 2 is 2.00 bits per heavy atom. The van der Waals surface area contributed by atoms with E-state index in [4.69, 9.17) is 19.4 Å². The fraction of sp³-hybridized carbons (Fsp3) is 0.333. The lowest BCUT2D eigenvalue weighted by Gasteiger charge is -2.17. The van der Waals surface area contributed by atoms with Crippen molar-refractivity contribution in [1.82, 2.24) is 19.9 Å². The first-order valence-corrected chi connectivity index (χ1v) is 11.6. The first-order valence-electron chi connectivity index (χ1n) is 11.6. The highest BCUT2D eigenvalue weighted by molar-refractivity contribution is 5.94. The summed E-state index contributed by atoms with van der Waals surface area (Å²) in [4.78, 5) is 27.9. The number of nitrogens with zero attached hydrogens (tertiary/aromatic N) is 4. The van der Waals surface area contributed by atoms with Gasteiger partial charge in [0.25, 0.3) is 5.91 Å². The molecule has 0 N–H and O–H groups in total. The van der Waals surface area contributed by atoms with E-state index >= 15 is 0 Å². The van der Waals surface area contributed by atoms with Crippen LogP contribution < -0.4 is 4.74 Å². The molecule has 7 heteroatoms. The standard InChI is InChI=1S/C27H28N4O3/c1-17-14-20(27(32)31(2)3)5-4-19(17)15-24-29-23-7-6-22(18-8-11-28-12-9-18)25(23)26(30-24)34-21-10-13-33-16-21/h4-6,8-9,11-12,14,21H,7,10,13,15-16H2,1-3H3/t21-/m0/s1. The van der Waals surface area contributed by atoms with Gasteiger partial charge in [0.05, 0.1) is 24.5 Å². The van der Waals surface area contributed by atoms with E-state index in [0.29, 0.717) is 36.9 Å². The van der Waals surface area contributed by atoms with E-state index in [1.165, 1.54) is 0 Å². The van der Waals surface area contributed by atoms with Crippen molar-refractivity contribution in [2.45, 2.75) is 32.3 Å². The first kappa shape index (κ1) is 22.2. The lowest BCUT2D eigenvalue weighted by atomic mass is 10.0. The highest BCUT2D eigenvalue weighted by Gasteiger charge is 2.27. The minimum absolute atomic E-state index is 0.00684. The van der Waals surface area contributed by atoms with E-state index in [1.54, 1.807) is 31.4 Å². The summed E-state index contributed by atoms with van der Waals surface area (Å²) in [5, 5.41) is 0. The lowest BCUT2D eigenvalue weighted by Crippen LogP contribution is -2.21. The quantitative estimate of drug-likeness (QED) is 0.564. The number of fused-ring (bicyclic) bond motifs is 1. The Bertz CT molecular complexity index is 1250. The first-order chi connectivity index (χ1) is 16.5. The molecule has 1 aromatic carbocycles. The van der Waals surface area contributed by atoms with Crippen molar-refractivity contribution in [3.05, 3.63) is 88.1 Å². The molecule has 3 aromatic rings. The third-order valence-corrected chi connectivity index (χ3v) is 6.27. The summed E-state index contributed by atoms with van der Waals surface area (Å²) < 4.78 is 11.9. The molecule has 1 saturated heterocycles. The second-order valence-corrected chi connectivity index (χ2v) is 8.95. The van der Waals surface area contributed by atoms with E-state index in [1.807, 2.05) is 37.3 Å². The Balaban J connectivity index is 1.48. The fourth-order valence-corrected chi connectivity index (χ4v) is 4.43. The van der Waals surface area contributed by atoms with Crippen LogP contribution >= 0.6 is 0 Å². The number of carbonyl (C=O) groups is 1. The van der Waals surface area contributed by atoms with Crippen LogP contribution in [0.1, 0.15) is 50.6 Å². The number of ether oxygens (including phenoxy) is 2. The van der Waals surface area contributed by atoms with Crippen LogP contribution in [0, 0.1) is 6.92 Å². The van der Waals surface area contributed by atoms with Crippen LogP contribution in [0.3, 0.4) is 0 Å². The number of carbonyl (C=O) groups excluding carboxylic acids is 1. The maximum absolute atomic E-state index is 12.3. The molecule has 0 saturated carbocycles. The molecule has 5 rings (SSSR count). The molecule has 174 valence electrons. The molecule has 0 spiro atoms. The minimum atomic E-state index is -0.00999. The van der Waals surface area contributed by atoms with Gasteiger partial charge in [-0.1, -0.05) is 12.1 Å². The van der Waals surface area contributed by atoms with Gasteiger partial charge in [-0.3, -0.25) is 9.78 Å². The van der Waals surface area contributed by atoms with Crippen LogP contribution in [-0.4, -0.2) is 59.2 Å². The van der Waals surface area contributed by atoms with E-state index in [2.05, 4.69) is 11.1 Å². The maximum Gasteiger partial charge on any atom is 0.253 e. The van der Waals surface area contributed by atoms with E-state index < -0.39 is 0 Å². The zero-order valence-corrected chi connectivity index (χ0v) is 19.7. The van der Waals surface area contributed by atoms with Gasteiger partial charge in [-0.25, -0.2) is 4.98 Å². The second-order valence-electron chi connectivity index (χ2n) is 8.95. The summed E-state index contributed by atoms with van der Waals surface area (Å²) in [7, 11) is 3.52. The zero-order chi connectivity index (χ0) is 23.7. The molecular weight excluding hydrogens is 428 g/mol. The Hall–Kier alpha value is -3.58. The molecule has 2 aliphatic rings. The van der Waals surface area contributed by atoms with E-state index in [0.717, 1.165) is 46.4 Å². The predicted octanol–water partition coefficient (Wildman–Crippen LogP) is 3.63. The van der Waals surface area contributed by atoms with Gasteiger partial charge in [0.15, 0.2) is 0 Å². The Kier molecular flexibility index (Phi) is 6.11. The topological polar surface area (TPSA) is 77.4 Å². The van der Waals surface area contributed by atoms with Gasteiger partial charge in [0, 0.05) is 51.3 Å². The van der Waals surface area contributed by atoms with Crippen LogP contribution in [0.4, 0.5) is 0 Å². The van der Waals surface area contributed by atoms with Gasteiger partial charge in [-0.15, -0.1) is 0 Å². The van der Waals surface area contributed by atoms with E-state index in [-0.39, 0.29) is 12.0 Å². The van der Waals surface area contributed by atoms with Gasteiger partial charge >= 0.3 is 0 Å². The average molecular weight is 457 g/mol. The van der Waals surface area contributed by atoms with Gasteiger partial charge in [-0.05, 0) is 53.5 Å². The fourth-order valence-electron chi connectivity index (χ4n) is 4.43. The monoisotopic (exact) mass is 456 g/mol. The zero-order valence-electron chi connectivity index (χ0n) is 19.7. The largest absolute Gasteiger partial charge is 0.471 e. The minimum Gasteiger partial charge on any atom is -0.471 e. The number of benzene rings is 1. The molecule has 0 radical (unpaired) electrons. The van der Waals surface area contributed by atoms with Gasteiger partial charge in [0.1, 0.15) is 11.9 Å². The summed E-state index contributed by atoms with van der Waals surface area (Å²) >= 11 is 0. The molecule has 3 heterocycles. The smallest absolute Gasteiger partial charge is 0.253 e.